The van der Waals surface area contributed by atoms with Gasteiger partial charge in [-0.15, -0.1) is 10.2 Å². The van der Waals surface area contributed by atoms with Crippen LogP contribution in [0.25, 0.3) is 22.9 Å². The molecule has 0 radical (unpaired) electrons. The largest absolute Gasteiger partial charge is 0.493 e. The number of methoxy groups -OCH3 is 1. The molecule has 4 aromatic heterocycles. The van der Waals surface area contributed by atoms with Crippen LogP contribution in [0.3, 0.4) is 0 Å². The van der Waals surface area contributed by atoms with E-state index in [-0.39, 0.29) is 39.8 Å². The van der Waals surface area contributed by atoms with Crippen LogP contribution >= 0.6 is 0 Å². The number of benzene rings is 1. The van der Waals surface area contributed by atoms with Crippen molar-refractivity contribution in [3.63, 3.8) is 0 Å². The quantitative estimate of drug-likeness (QED) is 0.264. The number of para-hydroxylation sites is 2. The van der Waals surface area contributed by atoms with E-state index in [1.165, 1.54) is 25.6 Å². The van der Waals surface area contributed by atoms with E-state index in [0.29, 0.717) is 17.0 Å². The molecule has 0 aliphatic heterocycles. The van der Waals surface area contributed by atoms with E-state index in [1.54, 1.807) is 49.4 Å². The molecule has 0 spiro atoms. The number of nitrogens with zero attached hydrogens (tertiary/aromatic N) is 7. The summed E-state index contributed by atoms with van der Waals surface area (Å²) < 4.78 is 40.2. The maximum Gasteiger partial charge on any atom is 0.280 e. The van der Waals surface area contributed by atoms with E-state index in [0.717, 1.165) is 5.56 Å². The Labute approximate surface area is 216 Å². The molecule has 0 saturated carbocycles. The first-order chi connectivity index (χ1) is 18.3. The second kappa shape index (κ2) is 10.1. The molecular formula is C23H20N10O4S. The van der Waals surface area contributed by atoms with Gasteiger partial charge in [0.1, 0.15) is 5.69 Å². The smallest absolute Gasteiger partial charge is 0.280 e. The molecule has 0 saturated heterocycles. The van der Waals surface area contributed by atoms with Crippen LogP contribution in [0.4, 0.5) is 11.6 Å². The molecule has 15 heteroatoms. The Morgan fingerprint density at radius 2 is 1.82 bits per heavy atom. The van der Waals surface area contributed by atoms with Gasteiger partial charge in [0, 0.05) is 18.0 Å². The van der Waals surface area contributed by atoms with E-state index in [4.69, 9.17) is 15.2 Å². The number of hydrogen-bond acceptors (Lipinski definition) is 12. The lowest BCUT2D eigenvalue weighted by Crippen LogP contribution is -2.17. The first-order valence-electron chi connectivity index (χ1n) is 11.0. The van der Waals surface area contributed by atoms with Crippen molar-refractivity contribution in [3.05, 3.63) is 66.5 Å². The van der Waals surface area contributed by atoms with E-state index in [2.05, 4.69) is 45.3 Å². The number of nitrogens with two attached hydrogens (primary N) is 1. The number of aromatic nitrogens is 8. The van der Waals surface area contributed by atoms with Crippen LogP contribution in [0, 0.1) is 6.92 Å². The molecule has 0 aliphatic carbocycles. The number of nitrogen functional groups attached to an aromatic ring is 1. The van der Waals surface area contributed by atoms with Crippen molar-refractivity contribution in [3.8, 4) is 40.2 Å². The highest BCUT2D eigenvalue weighted by Crippen LogP contribution is 2.39. The third-order valence-corrected chi connectivity index (χ3v) is 6.41. The number of sulfonamides is 1. The lowest BCUT2D eigenvalue weighted by molar-refractivity contribution is 0.379. The maximum atomic E-state index is 13.2. The van der Waals surface area contributed by atoms with Gasteiger partial charge in [-0.3, -0.25) is 9.71 Å². The first kappa shape index (κ1) is 24.5. The number of pyridine rings is 2. The molecule has 14 nitrogen and oxygen atoms in total. The summed E-state index contributed by atoms with van der Waals surface area (Å²) in [5.41, 5.74) is 7.94. The molecule has 4 heterocycles. The van der Waals surface area contributed by atoms with Crippen molar-refractivity contribution in [1.29, 1.82) is 0 Å². The monoisotopic (exact) mass is 532 g/mol. The number of nitrogens with one attached hydrogen (secondary N) is 2. The Bertz CT molecular complexity index is 1690. The topological polar surface area (TPSA) is 197 Å². The molecule has 1 aromatic carbocycles. The second-order valence-corrected chi connectivity index (χ2v) is 9.44. The van der Waals surface area contributed by atoms with Gasteiger partial charge in [-0.25, -0.2) is 15.0 Å². The van der Waals surface area contributed by atoms with Crippen LogP contribution in [0.15, 0.2) is 66.0 Å². The molecule has 192 valence electrons. The lowest BCUT2D eigenvalue weighted by Gasteiger charge is -2.16. The SMILES string of the molecule is COc1ccccc1Oc1c(N)nc(-c2ccnc(-c3nn[nH]n3)c2)nc1NS(=O)(=O)c1ccc(C)cn1. The Balaban J connectivity index is 1.62. The van der Waals surface area contributed by atoms with E-state index in [1.807, 2.05) is 0 Å². The average Bonchev–Trinajstić information content (AvgIpc) is 3.46. The van der Waals surface area contributed by atoms with Crippen LogP contribution in [0.5, 0.6) is 17.2 Å². The molecule has 4 N–H and O–H groups in total. The number of ether oxygens (including phenoxy) is 2. The second-order valence-electron chi connectivity index (χ2n) is 7.81. The Morgan fingerprint density at radius 3 is 2.53 bits per heavy atom. The third kappa shape index (κ3) is 5.03. The van der Waals surface area contributed by atoms with Crippen LogP contribution in [-0.4, -0.2) is 56.1 Å². The number of hydrogen-bond donors (Lipinski definition) is 3. The molecule has 0 bridgehead atoms. The Morgan fingerprint density at radius 1 is 1.00 bits per heavy atom. The van der Waals surface area contributed by atoms with Crippen molar-refractivity contribution < 1.29 is 17.9 Å². The number of tetrazole rings is 1. The van der Waals surface area contributed by atoms with Gasteiger partial charge in [-0.05, 0) is 48.0 Å². The summed E-state index contributed by atoms with van der Waals surface area (Å²) in [7, 11) is -2.71. The summed E-state index contributed by atoms with van der Waals surface area (Å²) >= 11 is 0. The standard InChI is InChI=1S/C23H20N10O4S/c1-13-7-8-18(26-12-13)38(34,35)31-23-19(37-17-6-4-3-5-16(17)36-2)20(24)27-21(28-23)14-9-10-25-15(11-14)22-29-32-33-30-22/h3-12H,1-2H3,(H3,24,27,28,31)(H,29,30,32,33). The Hall–Kier alpha value is -5.18. The molecule has 0 fully saturated rings. The number of aryl methyl sites for hydroxylation is 1. The zero-order valence-corrected chi connectivity index (χ0v) is 20.8. The molecule has 5 aromatic rings. The lowest BCUT2D eigenvalue weighted by atomic mass is 10.2. The fraction of sp³-hybridized carbons (Fsp3) is 0.0870. The summed E-state index contributed by atoms with van der Waals surface area (Å²) in [5, 5.41) is 13.5. The highest BCUT2D eigenvalue weighted by molar-refractivity contribution is 7.92. The van der Waals surface area contributed by atoms with Crippen molar-refractivity contribution in [1.82, 2.24) is 40.6 Å². The number of rotatable bonds is 8. The molecule has 0 unspecified atom stereocenters. The van der Waals surface area contributed by atoms with Crippen molar-refractivity contribution in [2.75, 3.05) is 17.6 Å². The molecule has 0 amide bonds. The fourth-order valence-electron chi connectivity index (χ4n) is 3.33. The molecule has 38 heavy (non-hydrogen) atoms. The van der Waals surface area contributed by atoms with Gasteiger partial charge in [-0.2, -0.15) is 13.6 Å². The van der Waals surface area contributed by atoms with Crippen molar-refractivity contribution in [2.24, 2.45) is 0 Å². The van der Waals surface area contributed by atoms with Gasteiger partial charge in [-0.1, -0.05) is 18.2 Å². The summed E-state index contributed by atoms with van der Waals surface area (Å²) in [6, 6.07) is 13.0. The van der Waals surface area contributed by atoms with Gasteiger partial charge in [0.15, 0.2) is 34.0 Å². The van der Waals surface area contributed by atoms with Crippen molar-refractivity contribution >= 4 is 21.7 Å². The summed E-state index contributed by atoms with van der Waals surface area (Å²) in [6.07, 6.45) is 2.94. The van der Waals surface area contributed by atoms with Gasteiger partial charge < -0.3 is 15.2 Å². The number of aromatic amines is 1. The van der Waals surface area contributed by atoms with Crippen LogP contribution in [0.2, 0.25) is 0 Å². The zero-order chi connectivity index (χ0) is 26.7. The predicted molar refractivity (Wildman–Crippen MR) is 136 cm³/mol. The van der Waals surface area contributed by atoms with Crippen LogP contribution < -0.4 is 19.9 Å². The molecule has 0 aliphatic rings. The van der Waals surface area contributed by atoms with Gasteiger partial charge in [0.25, 0.3) is 10.0 Å². The highest BCUT2D eigenvalue weighted by Gasteiger charge is 2.24. The van der Waals surface area contributed by atoms with E-state index in [9.17, 15) is 8.42 Å². The van der Waals surface area contributed by atoms with E-state index < -0.39 is 10.0 Å². The van der Waals surface area contributed by atoms with Crippen molar-refractivity contribution in [2.45, 2.75) is 11.9 Å². The van der Waals surface area contributed by atoms with Crippen LogP contribution in [-0.2, 0) is 10.0 Å². The van der Waals surface area contributed by atoms with Gasteiger partial charge >= 0.3 is 0 Å². The summed E-state index contributed by atoms with van der Waals surface area (Å²) in [4.78, 5) is 17.0. The number of H-pyrrole nitrogens is 1. The minimum atomic E-state index is -4.18. The van der Waals surface area contributed by atoms with E-state index >= 15 is 0 Å². The molecular weight excluding hydrogens is 512 g/mol. The summed E-state index contributed by atoms with van der Waals surface area (Å²) in [6.45, 7) is 1.80. The summed E-state index contributed by atoms with van der Waals surface area (Å²) in [5.74, 6) is 0.548. The minimum absolute atomic E-state index is 0.0941. The first-order valence-corrected chi connectivity index (χ1v) is 12.5. The Kier molecular flexibility index (Phi) is 6.49. The fourth-order valence-corrected chi connectivity index (χ4v) is 4.27. The normalized spacial score (nSPS) is 11.2. The predicted octanol–water partition coefficient (Wildman–Crippen LogP) is 2.61. The minimum Gasteiger partial charge on any atom is -0.493 e. The van der Waals surface area contributed by atoms with Crippen LogP contribution in [0.1, 0.15) is 5.56 Å². The number of anilines is 2. The van der Waals surface area contributed by atoms with Gasteiger partial charge in [0.2, 0.25) is 11.6 Å². The zero-order valence-electron chi connectivity index (χ0n) is 20.0. The molecule has 0 atom stereocenters. The average molecular weight is 533 g/mol. The molecule has 5 rings (SSSR count). The maximum absolute atomic E-state index is 13.2. The third-order valence-electron chi connectivity index (χ3n) is 5.16. The highest BCUT2D eigenvalue weighted by atomic mass is 32.2. The van der Waals surface area contributed by atoms with Gasteiger partial charge in [0.05, 0.1) is 7.11 Å².